The molecule has 0 aliphatic rings. The average Bonchev–Trinajstić information content (AvgIpc) is 3.24. The first-order valence-corrected chi connectivity index (χ1v) is 9.45. The van der Waals surface area contributed by atoms with Crippen LogP contribution in [-0.2, 0) is 13.1 Å². The van der Waals surface area contributed by atoms with Gasteiger partial charge in [-0.3, -0.25) is 4.99 Å². The summed E-state index contributed by atoms with van der Waals surface area (Å²) in [5.74, 6) is 0.331. The Morgan fingerprint density at radius 1 is 1.07 bits per heavy atom. The van der Waals surface area contributed by atoms with Gasteiger partial charge in [0.1, 0.15) is 12.7 Å². The number of nitrogens with one attached hydrogen (secondary N) is 2. The van der Waals surface area contributed by atoms with Crippen LogP contribution in [0.3, 0.4) is 0 Å². The van der Waals surface area contributed by atoms with Crippen molar-refractivity contribution in [3.05, 3.63) is 72.3 Å². The van der Waals surface area contributed by atoms with Crippen LogP contribution in [0, 0.1) is 0 Å². The van der Waals surface area contributed by atoms with Crippen molar-refractivity contribution in [2.45, 2.75) is 25.7 Å². The van der Waals surface area contributed by atoms with Crippen LogP contribution in [0.5, 0.6) is 0 Å². The summed E-state index contributed by atoms with van der Waals surface area (Å²) in [6.07, 6.45) is -1.93. The van der Waals surface area contributed by atoms with E-state index in [-0.39, 0.29) is 6.54 Å². The third kappa shape index (κ3) is 6.33. The van der Waals surface area contributed by atoms with Crippen LogP contribution >= 0.6 is 0 Å². The smallest absolute Gasteiger partial charge is 0.356 e. The third-order valence-electron chi connectivity index (χ3n) is 4.46. The minimum Gasteiger partial charge on any atom is -0.356 e. The van der Waals surface area contributed by atoms with Crippen LogP contribution < -0.4 is 10.6 Å². The Morgan fingerprint density at radius 2 is 1.83 bits per heavy atom. The molecule has 0 radical (unpaired) electrons. The van der Waals surface area contributed by atoms with Crippen molar-refractivity contribution in [3.63, 3.8) is 0 Å². The van der Waals surface area contributed by atoms with Crippen LogP contribution in [0.1, 0.15) is 17.5 Å². The number of hydrogen-bond acceptors (Lipinski definition) is 3. The van der Waals surface area contributed by atoms with E-state index in [9.17, 15) is 13.2 Å². The lowest BCUT2D eigenvalue weighted by molar-refractivity contribution is -0.132. The highest BCUT2D eigenvalue weighted by molar-refractivity contribution is 5.80. The largest absolute Gasteiger partial charge is 0.390 e. The lowest BCUT2D eigenvalue weighted by atomic mass is 9.98. The van der Waals surface area contributed by atoms with Gasteiger partial charge in [-0.2, -0.15) is 18.3 Å². The van der Waals surface area contributed by atoms with E-state index in [4.69, 9.17) is 0 Å². The maximum Gasteiger partial charge on any atom is 0.390 e. The molecule has 158 valence electrons. The fourth-order valence-corrected chi connectivity index (χ4v) is 2.97. The van der Waals surface area contributed by atoms with Gasteiger partial charge in [0, 0.05) is 20.1 Å². The fraction of sp³-hybridized carbons (Fsp3) is 0.286. The number of rotatable bonds is 7. The van der Waals surface area contributed by atoms with Gasteiger partial charge in [0.2, 0.25) is 0 Å². The van der Waals surface area contributed by atoms with Crippen molar-refractivity contribution >= 4 is 5.96 Å². The maximum atomic E-state index is 12.3. The zero-order valence-electron chi connectivity index (χ0n) is 16.5. The molecule has 9 heteroatoms. The average molecular weight is 416 g/mol. The molecule has 1 aromatic heterocycles. The highest BCUT2D eigenvalue weighted by atomic mass is 19.4. The Balaban J connectivity index is 1.64. The molecule has 0 amide bonds. The lowest BCUT2D eigenvalue weighted by Gasteiger charge is -2.15. The maximum absolute atomic E-state index is 12.3. The topological polar surface area (TPSA) is 67.1 Å². The second-order valence-corrected chi connectivity index (χ2v) is 6.66. The molecule has 0 saturated heterocycles. The molecule has 0 fully saturated rings. The second-order valence-electron chi connectivity index (χ2n) is 6.66. The van der Waals surface area contributed by atoms with E-state index in [1.807, 2.05) is 48.5 Å². The second kappa shape index (κ2) is 9.91. The van der Waals surface area contributed by atoms with Gasteiger partial charge in [0.15, 0.2) is 5.96 Å². The van der Waals surface area contributed by atoms with Crippen LogP contribution in [0.2, 0.25) is 0 Å². The Bertz CT molecular complexity index is 950. The van der Waals surface area contributed by atoms with E-state index in [0.717, 1.165) is 22.3 Å². The molecule has 0 bridgehead atoms. The molecular formula is C21H23F3N6. The summed E-state index contributed by atoms with van der Waals surface area (Å²) in [7, 11) is 1.53. The first kappa shape index (κ1) is 21.4. The number of aromatic nitrogens is 3. The summed E-state index contributed by atoms with van der Waals surface area (Å²) in [6, 6.07) is 16.1. The van der Waals surface area contributed by atoms with Crippen molar-refractivity contribution in [3.8, 4) is 11.1 Å². The van der Waals surface area contributed by atoms with E-state index >= 15 is 0 Å². The first-order valence-electron chi connectivity index (χ1n) is 9.45. The van der Waals surface area contributed by atoms with Gasteiger partial charge in [0.05, 0.1) is 13.0 Å². The Labute approximate surface area is 172 Å². The van der Waals surface area contributed by atoms with Gasteiger partial charge in [-0.05, 0) is 22.3 Å². The van der Waals surface area contributed by atoms with E-state index in [1.54, 1.807) is 11.0 Å². The predicted octanol–water partition coefficient (Wildman–Crippen LogP) is 3.61. The zero-order valence-corrected chi connectivity index (χ0v) is 16.5. The minimum absolute atomic E-state index is 0.224. The molecule has 1 heterocycles. The van der Waals surface area contributed by atoms with Crippen molar-refractivity contribution in [2.75, 3.05) is 13.6 Å². The molecule has 0 aliphatic heterocycles. The Kier molecular flexibility index (Phi) is 7.05. The van der Waals surface area contributed by atoms with E-state index in [1.165, 1.54) is 13.4 Å². The molecule has 30 heavy (non-hydrogen) atoms. The summed E-state index contributed by atoms with van der Waals surface area (Å²) in [4.78, 5) is 7.93. The van der Waals surface area contributed by atoms with Crippen LogP contribution in [-0.4, -0.2) is 40.5 Å². The minimum atomic E-state index is -4.20. The number of nitrogens with zero attached hydrogens (tertiary/aromatic N) is 4. The molecule has 0 unspecified atom stereocenters. The zero-order chi connectivity index (χ0) is 21.4. The summed E-state index contributed by atoms with van der Waals surface area (Å²) in [5, 5.41) is 9.87. The van der Waals surface area contributed by atoms with E-state index in [2.05, 4.69) is 25.7 Å². The first-order chi connectivity index (χ1) is 14.4. The highest BCUT2D eigenvalue weighted by Gasteiger charge is 2.26. The quantitative estimate of drug-likeness (QED) is 0.456. The predicted molar refractivity (Wildman–Crippen MR) is 110 cm³/mol. The molecule has 0 aliphatic carbocycles. The SMILES string of the molecule is CN=C(NCCC(F)(F)F)NCc1ccccc1-c1ccc(Cn2cncn2)cc1. The normalized spacial score (nSPS) is 12.1. The van der Waals surface area contributed by atoms with E-state index < -0.39 is 12.6 Å². The summed E-state index contributed by atoms with van der Waals surface area (Å²) in [6.45, 7) is 0.851. The summed E-state index contributed by atoms with van der Waals surface area (Å²) >= 11 is 0. The fourth-order valence-electron chi connectivity index (χ4n) is 2.97. The van der Waals surface area contributed by atoms with Crippen molar-refractivity contribution in [1.82, 2.24) is 25.4 Å². The standard InChI is InChI=1S/C21H23F3N6/c1-25-20(27-11-10-21(22,23)24)28-12-18-4-2-3-5-19(18)17-8-6-16(7-9-17)13-30-15-26-14-29-30/h2-9,14-15H,10-13H2,1H3,(H2,25,27,28). The van der Waals surface area contributed by atoms with Crippen molar-refractivity contribution in [2.24, 2.45) is 4.99 Å². The van der Waals surface area contributed by atoms with E-state index in [0.29, 0.717) is 19.0 Å². The number of halogens is 3. The Morgan fingerprint density at radius 3 is 2.50 bits per heavy atom. The number of benzene rings is 2. The van der Waals surface area contributed by atoms with Gasteiger partial charge in [-0.15, -0.1) is 0 Å². The third-order valence-corrected chi connectivity index (χ3v) is 4.46. The van der Waals surface area contributed by atoms with Gasteiger partial charge >= 0.3 is 6.18 Å². The number of aliphatic imine (C=N–C) groups is 1. The van der Waals surface area contributed by atoms with Crippen LogP contribution in [0.4, 0.5) is 13.2 Å². The van der Waals surface area contributed by atoms with Crippen LogP contribution in [0.25, 0.3) is 11.1 Å². The van der Waals surface area contributed by atoms with Gasteiger partial charge in [-0.1, -0.05) is 48.5 Å². The van der Waals surface area contributed by atoms with Crippen molar-refractivity contribution in [1.29, 1.82) is 0 Å². The summed E-state index contributed by atoms with van der Waals surface area (Å²) in [5.41, 5.74) is 4.22. The molecule has 0 atom stereocenters. The van der Waals surface area contributed by atoms with Gasteiger partial charge < -0.3 is 10.6 Å². The van der Waals surface area contributed by atoms with Gasteiger partial charge in [-0.25, -0.2) is 9.67 Å². The molecule has 3 aromatic rings. The number of guanidine groups is 1. The molecular weight excluding hydrogens is 393 g/mol. The van der Waals surface area contributed by atoms with Crippen LogP contribution in [0.15, 0.2) is 66.2 Å². The number of hydrogen-bond donors (Lipinski definition) is 2. The molecule has 0 saturated carbocycles. The lowest BCUT2D eigenvalue weighted by Crippen LogP contribution is -2.38. The Hall–Kier alpha value is -3.36. The molecule has 2 N–H and O–H groups in total. The van der Waals surface area contributed by atoms with Crippen molar-refractivity contribution < 1.29 is 13.2 Å². The monoisotopic (exact) mass is 416 g/mol. The molecule has 2 aromatic carbocycles. The van der Waals surface area contributed by atoms with Gasteiger partial charge in [0.25, 0.3) is 0 Å². The molecule has 3 rings (SSSR count). The summed E-state index contributed by atoms with van der Waals surface area (Å²) < 4.78 is 38.7. The molecule has 0 spiro atoms. The number of alkyl halides is 3. The molecule has 6 nitrogen and oxygen atoms in total. The highest BCUT2D eigenvalue weighted by Crippen LogP contribution is 2.24.